The topological polar surface area (TPSA) is 156 Å². The van der Waals surface area contributed by atoms with Gasteiger partial charge in [-0.3, -0.25) is 13.8 Å². The number of carboxylic acid groups (broad SMARTS) is 1. The fraction of sp³-hybridized carbons (Fsp3) is 0.824. The lowest BCUT2D eigenvalue weighted by atomic mass is 9.81. The van der Waals surface area contributed by atoms with Crippen molar-refractivity contribution in [1.82, 2.24) is 5.32 Å². The third kappa shape index (κ3) is 8.98. The molecule has 0 bridgehead atoms. The highest BCUT2D eigenvalue weighted by Crippen LogP contribution is 2.30. The van der Waals surface area contributed by atoms with Gasteiger partial charge in [-0.15, -0.1) is 0 Å². The molecule has 164 valence electrons. The third-order valence-corrected chi connectivity index (χ3v) is 5.27. The number of hydrogen-bond acceptors (Lipinski definition) is 8. The van der Waals surface area contributed by atoms with Crippen LogP contribution in [-0.4, -0.2) is 67.6 Å². The molecule has 0 aromatic heterocycles. The zero-order chi connectivity index (χ0) is 22.3. The molecular formula is C17H31NO9S. The van der Waals surface area contributed by atoms with Crippen molar-refractivity contribution in [2.24, 2.45) is 10.8 Å². The smallest absolute Gasteiger partial charge is 0.333 e. The van der Waals surface area contributed by atoms with Crippen LogP contribution in [0.2, 0.25) is 0 Å². The molecule has 1 unspecified atom stereocenters. The minimum Gasteiger partial charge on any atom is -0.479 e. The van der Waals surface area contributed by atoms with Crippen LogP contribution in [0.5, 0.6) is 0 Å². The number of rotatable bonds is 11. The van der Waals surface area contributed by atoms with E-state index in [-0.39, 0.29) is 18.9 Å². The molecule has 1 amide bonds. The van der Waals surface area contributed by atoms with Crippen molar-refractivity contribution in [3.8, 4) is 0 Å². The van der Waals surface area contributed by atoms with Crippen LogP contribution in [0.3, 0.4) is 0 Å². The standard InChI is InChI=1S/C17H31NO9S/c1-11(19)18-8-7-9-28(24,25)27-12(10-26-15(23)16(2,3)4)17(5,6)13(20)14(21)22/h12-13,20H,7-10H2,1-6H3,(H,18,19)(H,21,22)/t12?,13-/m0/s1. The van der Waals surface area contributed by atoms with Crippen molar-refractivity contribution >= 4 is 28.0 Å². The summed E-state index contributed by atoms with van der Waals surface area (Å²) in [5.74, 6) is -2.96. The van der Waals surface area contributed by atoms with Crippen molar-refractivity contribution in [3.63, 3.8) is 0 Å². The second-order valence-corrected chi connectivity index (χ2v) is 9.81. The summed E-state index contributed by atoms with van der Waals surface area (Å²) in [5.41, 5.74) is -2.45. The molecule has 3 N–H and O–H groups in total. The van der Waals surface area contributed by atoms with Crippen LogP contribution in [0.1, 0.15) is 48.0 Å². The van der Waals surface area contributed by atoms with Gasteiger partial charge in [-0.1, -0.05) is 13.8 Å². The Bertz CT molecular complexity index is 665. The van der Waals surface area contributed by atoms with Gasteiger partial charge in [0.05, 0.1) is 11.2 Å². The van der Waals surface area contributed by atoms with Gasteiger partial charge < -0.3 is 20.3 Å². The molecule has 0 aliphatic heterocycles. The highest BCUT2D eigenvalue weighted by Gasteiger charge is 2.44. The second-order valence-electron chi connectivity index (χ2n) is 8.09. The zero-order valence-corrected chi connectivity index (χ0v) is 18.0. The van der Waals surface area contributed by atoms with E-state index in [0.717, 1.165) is 0 Å². The van der Waals surface area contributed by atoms with Crippen molar-refractivity contribution < 1.29 is 41.9 Å². The number of hydrogen-bond donors (Lipinski definition) is 3. The quantitative estimate of drug-likeness (QED) is 0.240. The Morgan fingerprint density at radius 1 is 1.11 bits per heavy atom. The maximum atomic E-state index is 12.3. The van der Waals surface area contributed by atoms with Crippen LogP contribution >= 0.6 is 0 Å². The molecular weight excluding hydrogens is 394 g/mol. The monoisotopic (exact) mass is 425 g/mol. The van der Waals surface area contributed by atoms with E-state index >= 15 is 0 Å². The molecule has 0 rings (SSSR count). The second kappa shape index (κ2) is 10.2. The van der Waals surface area contributed by atoms with E-state index in [1.54, 1.807) is 20.8 Å². The minimum atomic E-state index is -4.15. The fourth-order valence-electron chi connectivity index (χ4n) is 1.97. The summed E-state index contributed by atoms with van der Waals surface area (Å²) in [4.78, 5) is 34.0. The number of carbonyl (C=O) groups excluding carboxylic acids is 2. The Balaban J connectivity index is 5.34. The van der Waals surface area contributed by atoms with Gasteiger partial charge in [0.25, 0.3) is 10.1 Å². The number of aliphatic hydroxyl groups excluding tert-OH is 1. The van der Waals surface area contributed by atoms with Crippen LogP contribution in [0, 0.1) is 10.8 Å². The van der Waals surface area contributed by atoms with E-state index < -0.39 is 57.5 Å². The Hall–Kier alpha value is -1.72. The Labute approximate surface area is 165 Å². The van der Waals surface area contributed by atoms with Crippen molar-refractivity contribution in [2.45, 2.75) is 60.2 Å². The summed E-state index contributed by atoms with van der Waals surface area (Å²) in [6.45, 7) is 8.24. The molecule has 0 fully saturated rings. The molecule has 28 heavy (non-hydrogen) atoms. The normalized spacial score (nSPS) is 14.8. The number of aliphatic hydroxyl groups is 1. The number of carbonyl (C=O) groups is 3. The maximum absolute atomic E-state index is 12.3. The van der Waals surface area contributed by atoms with Gasteiger partial charge in [0.1, 0.15) is 12.7 Å². The van der Waals surface area contributed by atoms with Crippen molar-refractivity contribution in [3.05, 3.63) is 0 Å². The van der Waals surface area contributed by atoms with Gasteiger partial charge >= 0.3 is 11.9 Å². The number of carboxylic acids is 1. The molecule has 0 spiro atoms. The lowest BCUT2D eigenvalue weighted by molar-refractivity contribution is -0.165. The molecule has 0 saturated heterocycles. The van der Waals surface area contributed by atoms with Crippen molar-refractivity contribution in [1.29, 1.82) is 0 Å². The Morgan fingerprint density at radius 2 is 1.64 bits per heavy atom. The van der Waals surface area contributed by atoms with E-state index in [0.29, 0.717) is 0 Å². The minimum absolute atomic E-state index is 0.0678. The molecule has 0 saturated carbocycles. The van der Waals surface area contributed by atoms with Crippen LogP contribution in [0.15, 0.2) is 0 Å². The van der Waals surface area contributed by atoms with E-state index in [2.05, 4.69) is 5.32 Å². The zero-order valence-electron chi connectivity index (χ0n) is 17.1. The first-order valence-electron chi connectivity index (χ1n) is 8.74. The summed E-state index contributed by atoms with van der Waals surface area (Å²) in [6.07, 6.45) is -3.32. The van der Waals surface area contributed by atoms with Gasteiger partial charge in [-0.05, 0) is 27.2 Å². The molecule has 2 atom stereocenters. The van der Waals surface area contributed by atoms with E-state index in [1.165, 1.54) is 20.8 Å². The fourth-order valence-corrected chi connectivity index (χ4v) is 3.22. The van der Waals surface area contributed by atoms with Gasteiger partial charge in [0, 0.05) is 18.9 Å². The molecule has 11 heteroatoms. The van der Waals surface area contributed by atoms with Crippen LogP contribution in [0.4, 0.5) is 0 Å². The Morgan fingerprint density at radius 3 is 2.07 bits per heavy atom. The highest BCUT2D eigenvalue weighted by atomic mass is 32.2. The van der Waals surface area contributed by atoms with Gasteiger partial charge in [-0.25, -0.2) is 4.79 Å². The molecule has 0 aromatic rings. The Kier molecular flexibility index (Phi) is 9.55. The molecule has 0 aromatic carbocycles. The summed E-state index contributed by atoms with van der Waals surface area (Å²) < 4.78 is 34.7. The summed E-state index contributed by atoms with van der Waals surface area (Å²) in [6, 6.07) is 0. The molecule has 0 aliphatic rings. The average molecular weight is 426 g/mol. The molecule has 0 heterocycles. The largest absolute Gasteiger partial charge is 0.479 e. The van der Waals surface area contributed by atoms with E-state index in [1.807, 2.05) is 0 Å². The van der Waals surface area contributed by atoms with Crippen LogP contribution in [0.25, 0.3) is 0 Å². The van der Waals surface area contributed by atoms with Gasteiger partial charge in [0.15, 0.2) is 6.10 Å². The summed E-state index contributed by atoms with van der Waals surface area (Å²) in [5, 5.41) is 21.5. The number of nitrogens with one attached hydrogen (secondary N) is 1. The van der Waals surface area contributed by atoms with Crippen LogP contribution in [-0.2, 0) is 33.4 Å². The number of esters is 1. The molecule has 10 nitrogen and oxygen atoms in total. The first-order valence-corrected chi connectivity index (χ1v) is 10.3. The molecule has 0 aliphatic carbocycles. The van der Waals surface area contributed by atoms with Gasteiger partial charge in [0.2, 0.25) is 5.91 Å². The van der Waals surface area contributed by atoms with E-state index in [9.17, 15) is 27.9 Å². The summed E-state index contributed by atoms with van der Waals surface area (Å²) in [7, 11) is -4.15. The van der Waals surface area contributed by atoms with Crippen molar-refractivity contribution in [2.75, 3.05) is 18.9 Å². The number of ether oxygens (including phenoxy) is 1. The highest BCUT2D eigenvalue weighted by molar-refractivity contribution is 7.86. The third-order valence-electron chi connectivity index (χ3n) is 3.95. The van der Waals surface area contributed by atoms with Crippen LogP contribution < -0.4 is 5.32 Å². The first-order chi connectivity index (χ1) is 12.5. The maximum Gasteiger partial charge on any atom is 0.333 e. The first kappa shape index (κ1) is 26.3. The molecule has 0 radical (unpaired) electrons. The lowest BCUT2D eigenvalue weighted by Gasteiger charge is -2.35. The number of amides is 1. The lowest BCUT2D eigenvalue weighted by Crippen LogP contribution is -2.49. The van der Waals surface area contributed by atoms with E-state index in [4.69, 9.17) is 14.0 Å². The number of aliphatic carboxylic acids is 1. The predicted molar refractivity (Wildman–Crippen MR) is 99.8 cm³/mol. The summed E-state index contributed by atoms with van der Waals surface area (Å²) >= 11 is 0. The average Bonchev–Trinajstić information content (AvgIpc) is 2.52. The SMILES string of the molecule is CC(=O)NCCCS(=O)(=O)OC(COC(=O)C(C)(C)C)C(C)(C)[C@@H](O)C(=O)O. The predicted octanol–water partition coefficient (Wildman–Crippen LogP) is 0.289. The van der Waals surface area contributed by atoms with Gasteiger partial charge in [-0.2, -0.15) is 8.42 Å².